The van der Waals surface area contributed by atoms with Crippen LogP contribution < -0.4 is 5.32 Å². The second-order valence-electron chi connectivity index (χ2n) is 4.22. The number of aromatic nitrogens is 2. The first-order chi connectivity index (χ1) is 8.62. The van der Waals surface area contributed by atoms with Crippen LogP contribution in [0.4, 0.5) is 0 Å². The summed E-state index contributed by atoms with van der Waals surface area (Å²) >= 11 is 0. The Morgan fingerprint density at radius 1 is 1.50 bits per heavy atom. The molecule has 0 saturated heterocycles. The van der Waals surface area contributed by atoms with Gasteiger partial charge in [0.25, 0.3) is 0 Å². The van der Waals surface area contributed by atoms with E-state index in [1.165, 1.54) is 0 Å². The van der Waals surface area contributed by atoms with Gasteiger partial charge in [-0.3, -0.25) is 9.48 Å². The summed E-state index contributed by atoms with van der Waals surface area (Å²) in [5.41, 5.74) is 2.21. The molecule has 0 bridgehead atoms. The zero-order valence-electron chi connectivity index (χ0n) is 11.7. The van der Waals surface area contributed by atoms with Crippen molar-refractivity contribution in [1.29, 1.82) is 0 Å². The van der Waals surface area contributed by atoms with Gasteiger partial charge in [-0.25, -0.2) is 0 Å². The number of ether oxygens (including phenoxy) is 1. The summed E-state index contributed by atoms with van der Waals surface area (Å²) in [5, 5.41) is 7.61. The Labute approximate surface area is 109 Å². The van der Waals surface area contributed by atoms with Gasteiger partial charge in [-0.1, -0.05) is 13.8 Å². The summed E-state index contributed by atoms with van der Waals surface area (Å²) in [5.74, 6) is -0.179. The second kappa shape index (κ2) is 7.16. The number of aryl methyl sites for hydroxylation is 2. The molecule has 102 valence electrons. The number of esters is 1. The first kappa shape index (κ1) is 14.7. The Morgan fingerprint density at radius 2 is 2.22 bits per heavy atom. The number of carbonyl (C=O) groups excluding carboxylic acids is 1. The van der Waals surface area contributed by atoms with Crippen LogP contribution in [-0.2, 0) is 29.5 Å². The fourth-order valence-electron chi connectivity index (χ4n) is 1.90. The highest BCUT2D eigenvalue weighted by Gasteiger charge is 2.17. The largest absolute Gasteiger partial charge is 0.465 e. The average Bonchev–Trinajstić information content (AvgIpc) is 2.71. The molecule has 1 atom stereocenters. The molecule has 1 rings (SSSR count). The highest BCUT2D eigenvalue weighted by molar-refractivity contribution is 5.75. The molecule has 1 aromatic heterocycles. The molecule has 1 aromatic rings. The minimum atomic E-state index is -0.241. The molecule has 0 aliphatic heterocycles. The molecule has 0 aliphatic rings. The van der Waals surface area contributed by atoms with E-state index >= 15 is 0 Å². The lowest BCUT2D eigenvalue weighted by atomic mass is 10.2. The Balaban J connectivity index is 2.59. The van der Waals surface area contributed by atoms with Gasteiger partial charge in [0.05, 0.1) is 12.3 Å². The summed E-state index contributed by atoms with van der Waals surface area (Å²) < 4.78 is 6.83. The molecule has 1 unspecified atom stereocenters. The van der Waals surface area contributed by atoms with Gasteiger partial charge in [0, 0.05) is 25.4 Å². The molecule has 0 radical (unpaired) electrons. The lowest BCUT2D eigenvalue weighted by Crippen LogP contribution is -2.37. The number of nitrogens with zero attached hydrogens (tertiary/aromatic N) is 2. The molecule has 0 aliphatic carbocycles. The predicted molar refractivity (Wildman–Crippen MR) is 70.1 cm³/mol. The van der Waals surface area contributed by atoms with E-state index in [2.05, 4.69) is 17.3 Å². The van der Waals surface area contributed by atoms with Crippen molar-refractivity contribution in [2.75, 3.05) is 6.61 Å². The van der Waals surface area contributed by atoms with Crippen LogP contribution in [0.3, 0.4) is 0 Å². The third-order valence-corrected chi connectivity index (χ3v) is 2.84. The van der Waals surface area contributed by atoms with Gasteiger partial charge in [-0.05, 0) is 19.8 Å². The van der Waals surface area contributed by atoms with Gasteiger partial charge < -0.3 is 10.1 Å². The third kappa shape index (κ3) is 3.84. The fraction of sp³-hybridized carbons (Fsp3) is 0.692. The molecule has 5 heteroatoms. The molecule has 0 fully saturated rings. The molecule has 18 heavy (non-hydrogen) atoms. The van der Waals surface area contributed by atoms with Gasteiger partial charge in [-0.2, -0.15) is 5.10 Å². The molecular weight excluding hydrogens is 230 g/mol. The molecule has 5 nitrogen and oxygen atoms in total. The Kier molecular flexibility index (Phi) is 5.85. The Morgan fingerprint density at radius 3 is 2.78 bits per heavy atom. The van der Waals surface area contributed by atoms with Crippen molar-refractivity contribution < 1.29 is 9.53 Å². The Bertz CT molecular complexity index is 388. The van der Waals surface area contributed by atoms with Crippen LogP contribution in [0.5, 0.6) is 0 Å². The second-order valence-corrected chi connectivity index (χ2v) is 4.22. The molecule has 0 spiro atoms. The fourth-order valence-corrected chi connectivity index (χ4v) is 1.90. The van der Waals surface area contributed by atoms with Crippen LogP contribution in [0.2, 0.25) is 0 Å². The van der Waals surface area contributed by atoms with Crippen LogP contribution in [0.25, 0.3) is 0 Å². The van der Waals surface area contributed by atoms with Gasteiger partial charge in [0.15, 0.2) is 0 Å². The maximum absolute atomic E-state index is 11.6. The normalized spacial score (nSPS) is 12.4. The molecule has 1 N–H and O–H groups in total. The minimum Gasteiger partial charge on any atom is -0.465 e. The van der Waals surface area contributed by atoms with Crippen LogP contribution >= 0.6 is 0 Å². The van der Waals surface area contributed by atoms with Crippen molar-refractivity contribution >= 4 is 5.97 Å². The van der Waals surface area contributed by atoms with Crippen molar-refractivity contribution in [1.82, 2.24) is 15.1 Å². The number of hydrogen-bond acceptors (Lipinski definition) is 4. The standard InChI is InChI=1S/C13H23N3O2/c1-5-11-10(9-16(4)15-11)8-14-12(6-2)13(17)18-7-3/h9,12,14H,5-8H2,1-4H3. The van der Waals surface area contributed by atoms with E-state index in [1.807, 2.05) is 27.1 Å². The van der Waals surface area contributed by atoms with E-state index in [9.17, 15) is 4.79 Å². The highest BCUT2D eigenvalue weighted by atomic mass is 16.5. The predicted octanol–water partition coefficient (Wildman–Crippen LogP) is 1.41. The van der Waals surface area contributed by atoms with E-state index in [1.54, 1.807) is 4.68 Å². The number of hydrogen-bond donors (Lipinski definition) is 1. The van der Waals surface area contributed by atoms with Crippen molar-refractivity contribution in [3.63, 3.8) is 0 Å². The SMILES string of the molecule is CCOC(=O)C(CC)NCc1cn(C)nc1CC. The van der Waals surface area contributed by atoms with Crippen LogP contribution in [-0.4, -0.2) is 28.4 Å². The Hall–Kier alpha value is -1.36. The van der Waals surface area contributed by atoms with Crippen molar-refractivity contribution in [3.8, 4) is 0 Å². The maximum atomic E-state index is 11.6. The molecular formula is C13H23N3O2. The molecule has 0 saturated carbocycles. The smallest absolute Gasteiger partial charge is 0.323 e. The number of rotatable bonds is 7. The van der Waals surface area contributed by atoms with E-state index < -0.39 is 0 Å². The van der Waals surface area contributed by atoms with Crippen molar-refractivity contribution in [2.45, 2.75) is 46.2 Å². The zero-order chi connectivity index (χ0) is 13.5. The first-order valence-corrected chi connectivity index (χ1v) is 6.53. The van der Waals surface area contributed by atoms with Crippen molar-refractivity contribution in [2.24, 2.45) is 7.05 Å². The van der Waals surface area contributed by atoms with E-state index in [-0.39, 0.29) is 12.0 Å². The number of carbonyl (C=O) groups is 1. The first-order valence-electron chi connectivity index (χ1n) is 6.53. The van der Waals surface area contributed by atoms with Crippen molar-refractivity contribution in [3.05, 3.63) is 17.5 Å². The monoisotopic (exact) mass is 253 g/mol. The summed E-state index contributed by atoms with van der Waals surface area (Å²) in [4.78, 5) is 11.6. The van der Waals surface area contributed by atoms with E-state index in [0.717, 1.165) is 24.1 Å². The van der Waals surface area contributed by atoms with Gasteiger partial charge in [0.2, 0.25) is 0 Å². The van der Waals surface area contributed by atoms with Gasteiger partial charge >= 0.3 is 5.97 Å². The summed E-state index contributed by atoms with van der Waals surface area (Å²) in [6.45, 7) is 6.94. The summed E-state index contributed by atoms with van der Waals surface area (Å²) in [6, 6.07) is -0.241. The maximum Gasteiger partial charge on any atom is 0.323 e. The lowest BCUT2D eigenvalue weighted by Gasteiger charge is -2.15. The third-order valence-electron chi connectivity index (χ3n) is 2.84. The van der Waals surface area contributed by atoms with E-state index in [4.69, 9.17) is 4.74 Å². The highest BCUT2D eigenvalue weighted by Crippen LogP contribution is 2.08. The minimum absolute atomic E-state index is 0.179. The zero-order valence-corrected chi connectivity index (χ0v) is 11.7. The van der Waals surface area contributed by atoms with E-state index in [0.29, 0.717) is 13.2 Å². The summed E-state index contributed by atoms with van der Waals surface area (Å²) in [7, 11) is 1.91. The lowest BCUT2D eigenvalue weighted by molar-refractivity contribution is -0.145. The molecule has 0 aromatic carbocycles. The molecule has 0 amide bonds. The summed E-state index contributed by atoms with van der Waals surface area (Å²) in [6.07, 6.45) is 3.61. The topological polar surface area (TPSA) is 56.1 Å². The van der Waals surface area contributed by atoms with Gasteiger partial charge in [-0.15, -0.1) is 0 Å². The van der Waals surface area contributed by atoms with Crippen LogP contribution in [0.15, 0.2) is 6.20 Å². The molecule has 1 heterocycles. The number of nitrogens with one attached hydrogen (secondary N) is 1. The quantitative estimate of drug-likeness (QED) is 0.747. The average molecular weight is 253 g/mol. The van der Waals surface area contributed by atoms with Crippen LogP contribution in [0, 0.1) is 0 Å². The van der Waals surface area contributed by atoms with Gasteiger partial charge in [0.1, 0.15) is 6.04 Å². The van der Waals surface area contributed by atoms with Crippen LogP contribution in [0.1, 0.15) is 38.4 Å².